The van der Waals surface area contributed by atoms with Crippen molar-refractivity contribution < 1.29 is 19.1 Å². The zero-order valence-electron chi connectivity index (χ0n) is 23.4. The number of hydrogen-bond acceptors (Lipinski definition) is 5. The van der Waals surface area contributed by atoms with Crippen LogP contribution in [-0.4, -0.2) is 25.2 Å². The lowest BCUT2D eigenvalue weighted by Crippen LogP contribution is -2.26. The first-order valence-electron chi connectivity index (χ1n) is 15.1. The lowest BCUT2D eigenvalue weighted by atomic mass is 10.0. The van der Waals surface area contributed by atoms with Crippen molar-refractivity contribution in [2.24, 2.45) is 0 Å². The van der Waals surface area contributed by atoms with Crippen LogP contribution in [0.4, 0.5) is 0 Å². The smallest absolute Gasteiger partial charge is 0.324 e. The third-order valence-corrected chi connectivity index (χ3v) is 7.53. The second kappa shape index (κ2) is 24.0. The molecule has 0 atom stereocenters. The van der Waals surface area contributed by atoms with Crippen LogP contribution >= 0.6 is 11.3 Å². The molecule has 0 aliphatic carbocycles. The summed E-state index contributed by atoms with van der Waals surface area (Å²) in [4.78, 5) is 25.5. The summed E-state index contributed by atoms with van der Waals surface area (Å²) in [6.07, 6.45) is 24.7. The van der Waals surface area contributed by atoms with E-state index in [1.165, 1.54) is 114 Å². The zero-order valence-corrected chi connectivity index (χ0v) is 24.2. The lowest BCUT2D eigenvalue weighted by molar-refractivity contribution is -0.157. The minimum absolute atomic E-state index is 0.377. The summed E-state index contributed by atoms with van der Waals surface area (Å²) in [5.41, 5.74) is 0.682. The Balaban J connectivity index is 2.17. The molecule has 208 valence electrons. The van der Waals surface area contributed by atoms with Gasteiger partial charge >= 0.3 is 11.9 Å². The molecule has 0 bridgehead atoms. The standard InChI is InChI=1S/C31H54O4S/c1-3-5-7-9-11-13-15-17-19-21-24-34-30(32)29(28-23-26-36-27-28)31(33)35-25-22-20-18-16-14-12-10-8-6-4-2/h23,26-27,29H,3-22,24-25H2,1-2H3. The summed E-state index contributed by atoms with van der Waals surface area (Å²) in [7, 11) is 0. The van der Waals surface area contributed by atoms with Crippen molar-refractivity contribution in [2.75, 3.05) is 13.2 Å². The highest BCUT2D eigenvalue weighted by Gasteiger charge is 2.32. The summed E-state index contributed by atoms with van der Waals surface area (Å²) >= 11 is 1.48. The lowest BCUT2D eigenvalue weighted by Gasteiger charge is -2.15. The van der Waals surface area contributed by atoms with Gasteiger partial charge in [0.25, 0.3) is 0 Å². The van der Waals surface area contributed by atoms with Crippen LogP contribution in [0.1, 0.15) is 154 Å². The van der Waals surface area contributed by atoms with Crippen molar-refractivity contribution in [2.45, 2.75) is 148 Å². The van der Waals surface area contributed by atoms with Gasteiger partial charge in [0, 0.05) is 0 Å². The van der Waals surface area contributed by atoms with Crippen LogP contribution in [0.15, 0.2) is 16.8 Å². The van der Waals surface area contributed by atoms with Crippen molar-refractivity contribution in [3.8, 4) is 0 Å². The molecule has 0 saturated carbocycles. The summed E-state index contributed by atoms with van der Waals surface area (Å²) in [6, 6.07) is 1.82. The number of hydrogen-bond donors (Lipinski definition) is 0. The number of unbranched alkanes of at least 4 members (excludes halogenated alkanes) is 18. The second-order valence-electron chi connectivity index (χ2n) is 10.2. The van der Waals surface area contributed by atoms with E-state index in [0.717, 1.165) is 25.7 Å². The Hall–Kier alpha value is -1.36. The van der Waals surface area contributed by atoms with E-state index in [1.807, 2.05) is 16.8 Å². The Morgan fingerprint density at radius 3 is 1.31 bits per heavy atom. The van der Waals surface area contributed by atoms with Crippen LogP contribution < -0.4 is 0 Å². The minimum Gasteiger partial charge on any atom is -0.465 e. The summed E-state index contributed by atoms with van der Waals surface area (Å²) in [6.45, 7) is 5.25. The molecule has 1 aromatic heterocycles. The molecule has 0 unspecified atom stereocenters. The fourth-order valence-corrected chi connectivity index (χ4v) is 5.18. The van der Waals surface area contributed by atoms with E-state index in [0.29, 0.717) is 18.8 Å². The fraction of sp³-hybridized carbons (Fsp3) is 0.806. The van der Waals surface area contributed by atoms with Crippen molar-refractivity contribution >= 4 is 23.3 Å². The molecule has 0 saturated heterocycles. The van der Waals surface area contributed by atoms with Gasteiger partial charge in [-0.25, -0.2) is 0 Å². The molecule has 5 heteroatoms. The first-order chi connectivity index (χ1) is 17.7. The molecule has 0 fully saturated rings. The average Bonchev–Trinajstić information content (AvgIpc) is 3.40. The number of esters is 2. The molecule has 0 amide bonds. The predicted octanol–water partition coefficient (Wildman–Crippen LogP) is 9.76. The number of thiophene rings is 1. The Bertz CT molecular complexity index is 591. The van der Waals surface area contributed by atoms with Gasteiger partial charge in [0.05, 0.1) is 13.2 Å². The van der Waals surface area contributed by atoms with E-state index in [4.69, 9.17) is 9.47 Å². The van der Waals surface area contributed by atoms with E-state index in [-0.39, 0.29) is 0 Å². The SMILES string of the molecule is CCCCCCCCCCCCOC(=O)C(C(=O)OCCCCCCCCCCCC)c1ccsc1. The van der Waals surface area contributed by atoms with E-state index in [1.54, 1.807) is 0 Å². The van der Waals surface area contributed by atoms with E-state index < -0.39 is 17.9 Å². The van der Waals surface area contributed by atoms with Crippen molar-refractivity contribution in [1.82, 2.24) is 0 Å². The molecule has 0 spiro atoms. The molecule has 0 aliphatic heterocycles. The number of rotatable bonds is 25. The van der Waals surface area contributed by atoms with Crippen molar-refractivity contribution in [3.63, 3.8) is 0 Å². The molecule has 36 heavy (non-hydrogen) atoms. The van der Waals surface area contributed by atoms with Crippen LogP contribution in [0.25, 0.3) is 0 Å². The van der Waals surface area contributed by atoms with Gasteiger partial charge in [0.2, 0.25) is 0 Å². The summed E-state index contributed by atoms with van der Waals surface area (Å²) in [5, 5.41) is 3.72. The minimum atomic E-state index is -0.956. The molecular weight excluding hydrogens is 468 g/mol. The summed E-state index contributed by atoms with van der Waals surface area (Å²) < 4.78 is 11.0. The summed E-state index contributed by atoms with van der Waals surface area (Å²) in [5.74, 6) is -1.91. The van der Waals surface area contributed by atoms with Gasteiger partial charge in [-0.2, -0.15) is 11.3 Å². The Morgan fingerprint density at radius 2 is 0.972 bits per heavy atom. The number of carbonyl (C=O) groups excluding carboxylic acids is 2. The number of carbonyl (C=O) groups is 2. The molecule has 0 N–H and O–H groups in total. The van der Waals surface area contributed by atoms with Crippen molar-refractivity contribution in [3.05, 3.63) is 22.4 Å². The highest BCUT2D eigenvalue weighted by molar-refractivity contribution is 7.08. The van der Waals surface area contributed by atoms with Crippen LogP contribution in [0.5, 0.6) is 0 Å². The molecule has 1 rings (SSSR count). The third-order valence-electron chi connectivity index (χ3n) is 6.83. The highest BCUT2D eigenvalue weighted by atomic mass is 32.1. The van der Waals surface area contributed by atoms with Gasteiger partial charge in [-0.05, 0) is 35.2 Å². The molecule has 1 aromatic rings. The molecule has 0 aromatic carbocycles. The Labute approximate surface area is 225 Å². The van der Waals surface area contributed by atoms with E-state index in [9.17, 15) is 9.59 Å². The van der Waals surface area contributed by atoms with E-state index in [2.05, 4.69) is 13.8 Å². The monoisotopic (exact) mass is 522 g/mol. The zero-order chi connectivity index (χ0) is 26.1. The molecular formula is C31H54O4S. The molecule has 0 radical (unpaired) electrons. The fourth-order valence-electron chi connectivity index (χ4n) is 4.50. The van der Waals surface area contributed by atoms with Gasteiger partial charge in [0.15, 0.2) is 5.92 Å². The maximum atomic E-state index is 12.7. The van der Waals surface area contributed by atoms with Gasteiger partial charge in [-0.1, -0.05) is 129 Å². The first-order valence-corrected chi connectivity index (χ1v) is 16.0. The molecule has 4 nitrogen and oxygen atoms in total. The van der Waals surface area contributed by atoms with Crippen LogP contribution in [0.3, 0.4) is 0 Å². The van der Waals surface area contributed by atoms with Gasteiger partial charge < -0.3 is 9.47 Å². The normalized spacial score (nSPS) is 11.2. The molecule has 0 aliphatic rings. The first kappa shape index (κ1) is 32.7. The molecule has 1 heterocycles. The highest BCUT2D eigenvalue weighted by Crippen LogP contribution is 2.23. The predicted molar refractivity (Wildman–Crippen MR) is 153 cm³/mol. The topological polar surface area (TPSA) is 52.6 Å². The maximum absolute atomic E-state index is 12.7. The van der Waals surface area contributed by atoms with Crippen LogP contribution in [0.2, 0.25) is 0 Å². The van der Waals surface area contributed by atoms with Gasteiger partial charge in [-0.3, -0.25) is 9.59 Å². The Morgan fingerprint density at radius 1 is 0.611 bits per heavy atom. The largest absolute Gasteiger partial charge is 0.465 e. The van der Waals surface area contributed by atoms with Crippen LogP contribution in [-0.2, 0) is 19.1 Å². The van der Waals surface area contributed by atoms with Gasteiger partial charge in [0.1, 0.15) is 0 Å². The Kier molecular flexibility index (Phi) is 21.8. The van der Waals surface area contributed by atoms with Crippen LogP contribution in [0, 0.1) is 0 Å². The van der Waals surface area contributed by atoms with Crippen molar-refractivity contribution in [1.29, 1.82) is 0 Å². The average molecular weight is 523 g/mol. The maximum Gasteiger partial charge on any atom is 0.324 e. The second-order valence-corrected chi connectivity index (χ2v) is 11.0. The third kappa shape index (κ3) is 17.2. The van der Waals surface area contributed by atoms with E-state index >= 15 is 0 Å². The number of ether oxygens (including phenoxy) is 2. The quantitative estimate of drug-likeness (QED) is 0.0728. The van der Waals surface area contributed by atoms with Gasteiger partial charge in [-0.15, -0.1) is 0 Å².